The van der Waals surface area contributed by atoms with Crippen LogP contribution in [0.4, 0.5) is 10.1 Å². The Balaban J connectivity index is 1.77. The summed E-state index contributed by atoms with van der Waals surface area (Å²) in [6.45, 7) is 2.07. The Morgan fingerprint density at radius 3 is 2.38 bits per heavy atom. The van der Waals surface area contributed by atoms with Gasteiger partial charge in [0.1, 0.15) is 5.82 Å². The number of halogens is 1. The molecule has 0 aliphatic carbocycles. The SMILES string of the molecule is CCOC(=O)c1ccc(NC(=O)CCSc2ccc(F)cc2)cc1. The Morgan fingerprint density at radius 2 is 1.75 bits per heavy atom. The van der Waals surface area contributed by atoms with Crippen molar-refractivity contribution in [1.82, 2.24) is 0 Å². The van der Waals surface area contributed by atoms with E-state index in [4.69, 9.17) is 4.74 Å². The Morgan fingerprint density at radius 1 is 1.08 bits per heavy atom. The second kappa shape index (κ2) is 9.08. The van der Waals surface area contributed by atoms with Gasteiger partial charge in [0.2, 0.25) is 5.91 Å². The van der Waals surface area contributed by atoms with Gasteiger partial charge in [-0.05, 0) is 55.5 Å². The number of amides is 1. The molecule has 0 heterocycles. The van der Waals surface area contributed by atoms with Gasteiger partial charge in [0.15, 0.2) is 0 Å². The number of carbonyl (C=O) groups excluding carboxylic acids is 2. The van der Waals surface area contributed by atoms with Gasteiger partial charge >= 0.3 is 5.97 Å². The first-order valence-corrected chi connectivity index (χ1v) is 8.52. The fourth-order valence-electron chi connectivity index (χ4n) is 1.92. The monoisotopic (exact) mass is 347 g/mol. The second-order valence-corrected chi connectivity index (χ2v) is 6.07. The largest absolute Gasteiger partial charge is 0.462 e. The summed E-state index contributed by atoms with van der Waals surface area (Å²) in [5.74, 6) is -0.179. The molecule has 4 nitrogen and oxygen atoms in total. The maximum absolute atomic E-state index is 12.8. The highest BCUT2D eigenvalue weighted by molar-refractivity contribution is 7.99. The Bertz CT molecular complexity index is 686. The molecular formula is C18H18FNO3S. The number of ether oxygens (including phenoxy) is 1. The zero-order valence-electron chi connectivity index (χ0n) is 13.3. The molecule has 1 amide bonds. The zero-order valence-corrected chi connectivity index (χ0v) is 14.1. The lowest BCUT2D eigenvalue weighted by Gasteiger charge is -2.06. The lowest BCUT2D eigenvalue weighted by atomic mass is 10.2. The van der Waals surface area contributed by atoms with Crippen LogP contribution in [0.15, 0.2) is 53.4 Å². The lowest BCUT2D eigenvalue weighted by Crippen LogP contribution is -2.12. The van der Waals surface area contributed by atoms with Gasteiger partial charge in [-0.2, -0.15) is 0 Å². The molecule has 24 heavy (non-hydrogen) atoms. The Kier molecular flexibility index (Phi) is 6.81. The molecule has 2 aromatic rings. The van der Waals surface area contributed by atoms with Gasteiger partial charge in [0, 0.05) is 22.8 Å². The molecule has 6 heteroatoms. The average Bonchev–Trinajstić information content (AvgIpc) is 2.57. The highest BCUT2D eigenvalue weighted by Gasteiger charge is 2.07. The van der Waals surface area contributed by atoms with Crippen molar-refractivity contribution >= 4 is 29.3 Å². The van der Waals surface area contributed by atoms with Gasteiger partial charge in [-0.15, -0.1) is 11.8 Å². The van der Waals surface area contributed by atoms with Crippen LogP contribution in [0.3, 0.4) is 0 Å². The summed E-state index contributed by atoms with van der Waals surface area (Å²) in [6.07, 6.45) is 0.335. The molecule has 0 aromatic heterocycles. The maximum Gasteiger partial charge on any atom is 0.338 e. The number of carbonyl (C=O) groups is 2. The van der Waals surface area contributed by atoms with E-state index in [9.17, 15) is 14.0 Å². The number of nitrogens with one attached hydrogen (secondary N) is 1. The number of benzene rings is 2. The topological polar surface area (TPSA) is 55.4 Å². The van der Waals surface area contributed by atoms with Gasteiger partial charge in [-0.3, -0.25) is 4.79 Å². The van der Waals surface area contributed by atoms with Crippen molar-refractivity contribution in [1.29, 1.82) is 0 Å². The van der Waals surface area contributed by atoms with Crippen molar-refractivity contribution in [2.45, 2.75) is 18.2 Å². The van der Waals surface area contributed by atoms with Crippen molar-refractivity contribution in [3.05, 3.63) is 59.9 Å². The van der Waals surface area contributed by atoms with Crippen LogP contribution < -0.4 is 5.32 Å². The lowest BCUT2D eigenvalue weighted by molar-refractivity contribution is -0.115. The second-order valence-electron chi connectivity index (χ2n) is 4.90. The molecule has 0 fully saturated rings. The first-order valence-electron chi connectivity index (χ1n) is 7.54. The number of hydrogen-bond donors (Lipinski definition) is 1. The van der Waals surface area contributed by atoms with Crippen molar-refractivity contribution in [2.24, 2.45) is 0 Å². The highest BCUT2D eigenvalue weighted by Crippen LogP contribution is 2.19. The van der Waals surface area contributed by atoms with Crippen LogP contribution in [0, 0.1) is 5.82 Å². The molecule has 0 atom stereocenters. The quantitative estimate of drug-likeness (QED) is 0.604. The molecule has 0 aliphatic rings. The molecule has 0 aliphatic heterocycles. The van der Waals surface area contributed by atoms with Crippen LogP contribution in [0.2, 0.25) is 0 Å². The fraction of sp³-hybridized carbons (Fsp3) is 0.222. The van der Waals surface area contributed by atoms with Crippen LogP contribution in [-0.2, 0) is 9.53 Å². The van der Waals surface area contributed by atoms with Gasteiger partial charge < -0.3 is 10.1 Å². The van der Waals surface area contributed by atoms with E-state index < -0.39 is 0 Å². The minimum absolute atomic E-state index is 0.117. The molecule has 0 unspecified atom stereocenters. The predicted octanol–water partition coefficient (Wildman–Crippen LogP) is 4.12. The van der Waals surface area contributed by atoms with Crippen molar-refractivity contribution < 1.29 is 18.7 Å². The fourth-order valence-corrected chi connectivity index (χ4v) is 2.77. The van der Waals surface area contributed by atoms with Crippen molar-refractivity contribution in [2.75, 3.05) is 17.7 Å². The number of anilines is 1. The zero-order chi connectivity index (χ0) is 17.4. The molecule has 2 rings (SSSR count). The minimum Gasteiger partial charge on any atom is -0.462 e. The molecule has 2 aromatic carbocycles. The third kappa shape index (κ3) is 5.70. The maximum atomic E-state index is 12.8. The van der Waals surface area contributed by atoms with Gasteiger partial charge in [0.05, 0.1) is 12.2 Å². The van der Waals surface area contributed by atoms with Crippen molar-refractivity contribution in [3.63, 3.8) is 0 Å². The van der Waals surface area contributed by atoms with E-state index in [1.165, 1.54) is 23.9 Å². The highest BCUT2D eigenvalue weighted by atomic mass is 32.2. The summed E-state index contributed by atoms with van der Waals surface area (Å²) in [5.41, 5.74) is 1.07. The molecule has 0 spiro atoms. The molecule has 1 N–H and O–H groups in total. The first-order chi connectivity index (χ1) is 11.6. The molecule has 126 valence electrons. The van der Waals surface area contributed by atoms with Gasteiger partial charge in [0.25, 0.3) is 0 Å². The number of esters is 1. The summed E-state index contributed by atoms with van der Waals surface area (Å²) in [5, 5.41) is 2.77. The third-order valence-electron chi connectivity index (χ3n) is 3.09. The summed E-state index contributed by atoms with van der Waals surface area (Å²) >= 11 is 1.49. The van der Waals surface area contributed by atoms with Gasteiger partial charge in [-0.1, -0.05) is 0 Å². The number of thioether (sulfide) groups is 1. The van der Waals surface area contributed by atoms with Crippen LogP contribution in [0.25, 0.3) is 0 Å². The number of rotatable bonds is 7. The summed E-state index contributed by atoms with van der Waals surface area (Å²) < 4.78 is 17.7. The number of hydrogen-bond acceptors (Lipinski definition) is 4. The van der Waals surface area contributed by atoms with Crippen LogP contribution in [0.5, 0.6) is 0 Å². The summed E-state index contributed by atoms with van der Waals surface area (Å²) in [7, 11) is 0. The summed E-state index contributed by atoms with van der Waals surface area (Å²) in [6, 6.07) is 12.7. The Hall–Kier alpha value is -2.34. The van der Waals surface area contributed by atoms with E-state index in [1.807, 2.05) is 0 Å². The standard InChI is InChI=1S/C18H18FNO3S/c1-2-23-18(22)13-3-7-15(8-4-13)20-17(21)11-12-24-16-9-5-14(19)6-10-16/h3-10H,2,11-12H2,1H3,(H,20,21). The van der Waals surface area contributed by atoms with E-state index >= 15 is 0 Å². The third-order valence-corrected chi connectivity index (χ3v) is 4.11. The smallest absolute Gasteiger partial charge is 0.338 e. The van der Waals surface area contributed by atoms with Crippen molar-refractivity contribution in [3.8, 4) is 0 Å². The molecule has 0 bridgehead atoms. The van der Waals surface area contributed by atoms with E-state index in [0.29, 0.717) is 30.0 Å². The normalized spacial score (nSPS) is 10.2. The summed E-state index contributed by atoms with van der Waals surface area (Å²) in [4.78, 5) is 24.4. The van der Waals surface area contributed by atoms with Crippen LogP contribution in [-0.4, -0.2) is 24.2 Å². The van der Waals surface area contributed by atoms with E-state index in [-0.39, 0.29) is 17.7 Å². The van der Waals surface area contributed by atoms with E-state index in [2.05, 4.69) is 5.32 Å². The molecule has 0 saturated heterocycles. The first kappa shape index (κ1) is 18.0. The molecule has 0 radical (unpaired) electrons. The minimum atomic E-state index is -0.383. The molecular weight excluding hydrogens is 329 g/mol. The van der Waals surface area contributed by atoms with E-state index in [0.717, 1.165) is 4.90 Å². The van der Waals surface area contributed by atoms with E-state index in [1.54, 1.807) is 43.3 Å². The predicted molar refractivity (Wildman–Crippen MR) is 92.8 cm³/mol. The molecule has 0 saturated carbocycles. The Labute approximate surface area is 144 Å². The van der Waals surface area contributed by atoms with Crippen LogP contribution in [0.1, 0.15) is 23.7 Å². The average molecular weight is 347 g/mol. The van der Waals surface area contributed by atoms with Crippen LogP contribution >= 0.6 is 11.8 Å². The van der Waals surface area contributed by atoms with Gasteiger partial charge in [-0.25, -0.2) is 9.18 Å².